The average molecular weight is 351 g/mol. The van der Waals surface area contributed by atoms with Crippen molar-refractivity contribution < 1.29 is 4.79 Å². The van der Waals surface area contributed by atoms with Gasteiger partial charge in [0.25, 0.3) is 5.91 Å². The SMILES string of the molecule is CCC(NC(=O)/C(C#N)=C\NC1CCCC1)c1ccc2c(c1)CCCC2. The van der Waals surface area contributed by atoms with Crippen LogP contribution in [0.2, 0.25) is 0 Å². The van der Waals surface area contributed by atoms with Crippen LogP contribution in [0.1, 0.15) is 74.6 Å². The summed E-state index contributed by atoms with van der Waals surface area (Å²) in [6, 6.07) is 8.97. The quantitative estimate of drug-likeness (QED) is 0.600. The molecule has 1 aromatic carbocycles. The molecule has 26 heavy (non-hydrogen) atoms. The molecule has 1 aromatic rings. The highest BCUT2D eigenvalue weighted by molar-refractivity contribution is 5.97. The van der Waals surface area contributed by atoms with E-state index in [1.165, 1.54) is 36.8 Å². The first kappa shape index (κ1) is 18.5. The number of carbonyl (C=O) groups is 1. The number of nitrogens with one attached hydrogen (secondary N) is 2. The van der Waals surface area contributed by atoms with Crippen LogP contribution in [-0.4, -0.2) is 11.9 Å². The van der Waals surface area contributed by atoms with Crippen LogP contribution in [0, 0.1) is 11.3 Å². The maximum atomic E-state index is 12.6. The van der Waals surface area contributed by atoms with Gasteiger partial charge in [-0.1, -0.05) is 38.0 Å². The number of nitriles is 1. The molecule has 0 radical (unpaired) electrons. The van der Waals surface area contributed by atoms with E-state index in [2.05, 4.69) is 35.8 Å². The summed E-state index contributed by atoms with van der Waals surface area (Å²) in [6.45, 7) is 2.07. The van der Waals surface area contributed by atoms with Gasteiger partial charge in [-0.2, -0.15) is 5.26 Å². The molecule has 0 heterocycles. The molecule has 1 atom stereocenters. The maximum absolute atomic E-state index is 12.6. The van der Waals surface area contributed by atoms with Crippen LogP contribution in [-0.2, 0) is 17.6 Å². The van der Waals surface area contributed by atoms with E-state index in [0.29, 0.717) is 6.04 Å². The minimum Gasteiger partial charge on any atom is -0.387 e. The first-order chi connectivity index (χ1) is 12.7. The van der Waals surface area contributed by atoms with Crippen LogP contribution in [0.25, 0.3) is 0 Å². The van der Waals surface area contributed by atoms with Crippen LogP contribution < -0.4 is 10.6 Å². The van der Waals surface area contributed by atoms with Crippen molar-refractivity contribution in [3.8, 4) is 6.07 Å². The molecule has 4 heteroatoms. The molecule has 0 aliphatic heterocycles. The highest BCUT2D eigenvalue weighted by Gasteiger charge is 2.19. The highest BCUT2D eigenvalue weighted by Crippen LogP contribution is 2.26. The highest BCUT2D eigenvalue weighted by atomic mass is 16.1. The Morgan fingerprint density at radius 2 is 1.96 bits per heavy atom. The largest absolute Gasteiger partial charge is 0.387 e. The van der Waals surface area contributed by atoms with Crippen molar-refractivity contribution in [2.24, 2.45) is 0 Å². The van der Waals surface area contributed by atoms with Gasteiger partial charge >= 0.3 is 0 Å². The van der Waals surface area contributed by atoms with Crippen molar-refractivity contribution in [1.82, 2.24) is 10.6 Å². The number of fused-ring (bicyclic) bond motifs is 1. The van der Waals surface area contributed by atoms with Gasteiger partial charge in [-0.15, -0.1) is 0 Å². The molecule has 138 valence electrons. The predicted octanol–water partition coefficient (Wildman–Crippen LogP) is 4.07. The lowest BCUT2D eigenvalue weighted by molar-refractivity contribution is -0.117. The Kier molecular flexibility index (Phi) is 6.33. The van der Waals surface area contributed by atoms with Gasteiger partial charge in [-0.25, -0.2) is 0 Å². The zero-order valence-corrected chi connectivity index (χ0v) is 15.7. The zero-order valence-electron chi connectivity index (χ0n) is 15.7. The molecule has 2 N–H and O–H groups in total. The summed E-state index contributed by atoms with van der Waals surface area (Å²) in [7, 11) is 0. The standard InChI is InChI=1S/C22H29N3O/c1-2-21(18-12-11-16-7-3-4-8-17(16)13-18)25-22(26)19(14-23)15-24-20-9-5-6-10-20/h11-13,15,20-21,24H,2-10H2,1H3,(H,25,26)/b19-15-. The summed E-state index contributed by atoms with van der Waals surface area (Å²) >= 11 is 0. The van der Waals surface area contributed by atoms with Gasteiger partial charge in [0.05, 0.1) is 6.04 Å². The van der Waals surface area contributed by atoms with Crippen molar-refractivity contribution in [2.75, 3.05) is 0 Å². The molecular weight excluding hydrogens is 322 g/mol. The number of nitrogens with zero attached hydrogens (tertiary/aromatic N) is 1. The molecule has 0 saturated heterocycles. The van der Waals surface area contributed by atoms with Gasteiger partial charge in [0.1, 0.15) is 11.6 Å². The number of amides is 1. The van der Waals surface area contributed by atoms with E-state index in [1.54, 1.807) is 6.20 Å². The van der Waals surface area contributed by atoms with E-state index in [1.807, 2.05) is 6.07 Å². The molecule has 3 rings (SSSR count). The Bertz CT molecular complexity index is 711. The van der Waals surface area contributed by atoms with Crippen LogP contribution in [0.15, 0.2) is 30.0 Å². The number of aryl methyl sites for hydroxylation is 2. The first-order valence-corrected chi connectivity index (χ1v) is 10.00. The summed E-state index contributed by atoms with van der Waals surface area (Å²) in [6.07, 6.45) is 11.9. The Hall–Kier alpha value is -2.28. The number of rotatable bonds is 6. The lowest BCUT2D eigenvalue weighted by atomic mass is 9.88. The predicted molar refractivity (Wildman–Crippen MR) is 103 cm³/mol. The topological polar surface area (TPSA) is 64.9 Å². The van der Waals surface area contributed by atoms with Crippen LogP contribution in [0.5, 0.6) is 0 Å². The molecular formula is C22H29N3O. The second-order valence-corrected chi connectivity index (χ2v) is 7.49. The fourth-order valence-electron chi connectivity index (χ4n) is 4.07. The smallest absolute Gasteiger partial charge is 0.263 e. The van der Waals surface area contributed by atoms with Gasteiger partial charge in [-0.3, -0.25) is 4.79 Å². The third kappa shape index (κ3) is 4.46. The van der Waals surface area contributed by atoms with E-state index >= 15 is 0 Å². The number of benzene rings is 1. The summed E-state index contributed by atoms with van der Waals surface area (Å²) in [5.41, 5.74) is 4.16. The minimum absolute atomic E-state index is 0.0574. The third-order valence-electron chi connectivity index (χ3n) is 5.67. The second kappa shape index (κ2) is 8.89. The fraction of sp³-hybridized carbons (Fsp3) is 0.545. The van der Waals surface area contributed by atoms with Crippen LogP contribution in [0.3, 0.4) is 0 Å². The normalized spacial score (nSPS) is 18.7. The minimum atomic E-state index is -0.289. The number of hydrogen-bond acceptors (Lipinski definition) is 3. The number of hydrogen-bond donors (Lipinski definition) is 2. The zero-order chi connectivity index (χ0) is 18.4. The van der Waals surface area contributed by atoms with Crippen molar-refractivity contribution >= 4 is 5.91 Å². The number of carbonyl (C=O) groups excluding carboxylic acids is 1. The second-order valence-electron chi connectivity index (χ2n) is 7.49. The maximum Gasteiger partial charge on any atom is 0.263 e. The first-order valence-electron chi connectivity index (χ1n) is 10.00. The Morgan fingerprint density at radius 3 is 2.65 bits per heavy atom. The van der Waals surface area contributed by atoms with Crippen molar-refractivity contribution in [1.29, 1.82) is 5.26 Å². The van der Waals surface area contributed by atoms with Crippen molar-refractivity contribution in [3.05, 3.63) is 46.7 Å². The van der Waals surface area contributed by atoms with Gasteiger partial charge in [0, 0.05) is 12.2 Å². The fourth-order valence-corrected chi connectivity index (χ4v) is 4.07. The monoisotopic (exact) mass is 351 g/mol. The summed E-state index contributed by atoms with van der Waals surface area (Å²) in [5, 5.41) is 15.7. The van der Waals surface area contributed by atoms with Gasteiger partial charge in [0.15, 0.2) is 0 Å². The molecule has 0 aromatic heterocycles. The molecule has 4 nitrogen and oxygen atoms in total. The van der Waals surface area contributed by atoms with Crippen molar-refractivity contribution in [2.45, 2.75) is 76.8 Å². The van der Waals surface area contributed by atoms with E-state index in [0.717, 1.165) is 37.7 Å². The molecule has 0 bridgehead atoms. The summed E-state index contributed by atoms with van der Waals surface area (Å²) in [5.74, 6) is -0.289. The lowest BCUT2D eigenvalue weighted by Crippen LogP contribution is -2.31. The summed E-state index contributed by atoms with van der Waals surface area (Å²) < 4.78 is 0. The third-order valence-corrected chi connectivity index (χ3v) is 5.67. The van der Waals surface area contributed by atoms with Crippen LogP contribution >= 0.6 is 0 Å². The molecule has 0 spiro atoms. The van der Waals surface area contributed by atoms with Crippen molar-refractivity contribution in [3.63, 3.8) is 0 Å². The molecule has 1 amide bonds. The van der Waals surface area contributed by atoms with Crippen LogP contribution in [0.4, 0.5) is 0 Å². The van der Waals surface area contributed by atoms with Gasteiger partial charge in [0.2, 0.25) is 0 Å². The average Bonchev–Trinajstić information content (AvgIpc) is 3.19. The van der Waals surface area contributed by atoms with Gasteiger partial charge < -0.3 is 10.6 Å². The van der Waals surface area contributed by atoms with E-state index in [9.17, 15) is 10.1 Å². The molecule has 2 aliphatic carbocycles. The molecule has 1 saturated carbocycles. The molecule has 1 fully saturated rings. The van der Waals surface area contributed by atoms with E-state index in [-0.39, 0.29) is 17.5 Å². The molecule has 2 aliphatic rings. The summed E-state index contributed by atoms with van der Waals surface area (Å²) in [4.78, 5) is 12.6. The Labute approximate surface area is 156 Å². The van der Waals surface area contributed by atoms with Gasteiger partial charge in [-0.05, 0) is 61.6 Å². The van der Waals surface area contributed by atoms with E-state index in [4.69, 9.17) is 0 Å². The Balaban J connectivity index is 1.67. The lowest BCUT2D eigenvalue weighted by Gasteiger charge is -2.21. The Morgan fingerprint density at radius 1 is 1.23 bits per heavy atom. The van der Waals surface area contributed by atoms with E-state index < -0.39 is 0 Å². The molecule has 1 unspecified atom stereocenters.